The summed E-state index contributed by atoms with van der Waals surface area (Å²) in [6, 6.07) is 9.66. The van der Waals surface area contributed by atoms with Gasteiger partial charge >= 0.3 is 11.7 Å². The third-order valence-electron chi connectivity index (χ3n) is 5.18. The molecule has 33 heavy (non-hydrogen) atoms. The standard InChI is InChI=1S/C22H18Cl2N4O5/c1-26-19-18(20(30)27(2)22(26)31)28(10-13-5-6-14(23)9-15(13)24)21(25-19)33-16-7-4-12(11-29)8-17(16)32-3/h4-9,11H,10H2,1-3H3. The monoisotopic (exact) mass is 488 g/mol. The lowest BCUT2D eigenvalue weighted by atomic mass is 10.2. The normalized spacial score (nSPS) is 11.1. The van der Waals surface area contributed by atoms with Crippen LogP contribution in [0.15, 0.2) is 46.0 Å². The Morgan fingerprint density at radius 1 is 1.03 bits per heavy atom. The number of nitrogens with zero attached hydrogens (tertiary/aromatic N) is 4. The van der Waals surface area contributed by atoms with Gasteiger partial charge in [0.25, 0.3) is 5.56 Å². The molecule has 2 heterocycles. The Labute approximate surface area is 197 Å². The first-order valence-corrected chi connectivity index (χ1v) is 10.4. The van der Waals surface area contributed by atoms with E-state index >= 15 is 0 Å². The number of aryl methyl sites for hydroxylation is 1. The number of imidazole rings is 1. The second-order valence-corrected chi connectivity index (χ2v) is 8.07. The topological polar surface area (TPSA) is 97.4 Å². The number of halogens is 2. The van der Waals surface area contributed by atoms with Gasteiger partial charge in [0.15, 0.2) is 22.7 Å². The molecule has 2 aromatic carbocycles. The summed E-state index contributed by atoms with van der Waals surface area (Å²) in [7, 11) is 4.34. The molecule has 11 heteroatoms. The Morgan fingerprint density at radius 3 is 2.45 bits per heavy atom. The fourth-order valence-electron chi connectivity index (χ4n) is 3.41. The van der Waals surface area contributed by atoms with Crippen molar-refractivity contribution in [3.8, 4) is 17.5 Å². The highest BCUT2D eigenvalue weighted by Gasteiger charge is 2.22. The summed E-state index contributed by atoms with van der Waals surface area (Å²) in [6.45, 7) is 0.115. The van der Waals surface area contributed by atoms with Crippen LogP contribution in [-0.4, -0.2) is 32.1 Å². The smallest absolute Gasteiger partial charge is 0.332 e. The number of ether oxygens (including phenoxy) is 2. The summed E-state index contributed by atoms with van der Waals surface area (Å²) < 4.78 is 15.1. The maximum absolute atomic E-state index is 13.0. The number of hydrogen-bond acceptors (Lipinski definition) is 6. The summed E-state index contributed by atoms with van der Waals surface area (Å²) in [4.78, 5) is 41.0. The van der Waals surface area contributed by atoms with Gasteiger partial charge in [0.1, 0.15) is 6.29 Å². The Hall–Kier alpha value is -3.56. The van der Waals surface area contributed by atoms with Crippen molar-refractivity contribution in [3.05, 3.63) is 78.4 Å². The Morgan fingerprint density at radius 2 is 1.79 bits per heavy atom. The molecular formula is C22H18Cl2N4O5. The fraction of sp³-hybridized carbons (Fsp3) is 0.182. The fourth-order valence-corrected chi connectivity index (χ4v) is 3.88. The quantitative estimate of drug-likeness (QED) is 0.385. The molecule has 0 amide bonds. The van der Waals surface area contributed by atoms with Crippen molar-refractivity contribution in [1.29, 1.82) is 0 Å². The van der Waals surface area contributed by atoms with Crippen molar-refractivity contribution >= 4 is 40.7 Å². The predicted octanol–water partition coefficient (Wildman–Crippen LogP) is 3.40. The number of carbonyl (C=O) groups excluding carboxylic acids is 1. The van der Waals surface area contributed by atoms with Crippen LogP contribution < -0.4 is 20.7 Å². The number of methoxy groups -OCH3 is 1. The van der Waals surface area contributed by atoms with Crippen molar-refractivity contribution in [2.75, 3.05) is 7.11 Å². The molecule has 0 saturated carbocycles. The van der Waals surface area contributed by atoms with Crippen molar-refractivity contribution in [1.82, 2.24) is 18.7 Å². The van der Waals surface area contributed by atoms with Gasteiger partial charge in [0, 0.05) is 29.7 Å². The molecule has 0 aliphatic carbocycles. The molecule has 0 fully saturated rings. The van der Waals surface area contributed by atoms with E-state index in [0.29, 0.717) is 33.2 Å². The molecular weight excluding hydrogens is 471 g/mol. The molecule has 0 spiro atoms. The van der Waals surface area contributed by atoms with Crippen LogP contribution in [0.3, 0.4) is 0 Å². The van der Waals surface area contributed by atoms with Crippen LogP contribution in [0.25, 0.3) is 11.2 Å². The molecule has 0 saturated heterocycles. The van der Waals surface area contributed by atoms with E-state index in [2.05, 4.69) is 4.98 Å². The number of carbonyl (C=O) groups is 1. The number of aldehydes is 1. The largest absolute Gasteiger partial charge is 0.493 e. The summed E-state index contributed by atoms with van der Waals surface area (Å²) in [5.41, 5.74) is 0.294. The summed E-state index contributed by atoms with van der Waals surface area (Å²) >= 11 is 12.4. The molecule has 0 radical (unpaired) electrons. The number of fused-ring (bicyclic) bond motifs is 1. The molecule has 2 aromatic heterocycles. The molecule has 4 aromatic rings. The minimum atomic E-state index is -0.538. The van der Waals surface area contributed by atoms with E-state index in [0.717, 1.165) is 4.57 Å². The van der Waals surface area contributed by atoms with E-state index in [1.165, 1.54) is 36.4 Å². The zero-order valence-corrected chi connectivity index (χ0v) is 19.3. The third kappa shape index (κ3) is 4.01. The van der Waals surface area contributed by atoms with Crippen LogP contribution in [0.2, 0.25) is 10.0 Å². The molecule has 0 aliphatic heterocycles. The van der Waals surface area contributed by atoms with E-state index < -0.39 is 11.2 Å². The average Bonchev–Trinajstić information content (AvgIpc) is 3.16. The van der Waals surface area contributed by atoms with Crippen molar-refractivity contribution in [3.63, 3.8) is 0 Å². The maximum atomic E-state index is 13.0. The van der Waals surface area contributed by atoms with Gasteiger partial charge in [-0.2, -0.15) is 4.98 Å². The van der Waals surface area contributed by atoms with Gasteiger partial charge in [-0.1, -0.05) is 29.3 Å². The predicted molar refractivity (Wildman–Crippen MR) is 124 cm³/mol. The Balaban J connectivity index is 1.96. The lowest BCUT2D eigenvalue weighted by molar-refractivity contribution is 0.112. The van der Waals surface area contributed by atoms with E-state index in [-0.39, 0.29) is 29.5 Å². The zero-order valence-electron chi connectivity index (χ0n) is 17.8. The van der Waals surface area contributed by atoms with Crippen LogP contribution in [0.5, 0.6) is 17.5 Å². The first-order chi connectivity index (χ1) is 15.7. The van der Waals surface area contributed by atoms with E-state index in [1.54, 1.807) is 30.3 Å². The van der Waals surface area contributed by atoms with Gasteiger partial charge in [-0.25, -0.2) is 4.79 Å². The lowest BCUT2D eigenvalue weighted by Crippen LogP contribution is -2.37. The van der Waals surface area contributed by atoms with Crippen LogP contribution in [0.4, 0.5) is 0 Å². The van der Waals surface area contributed by atoms with Gasteiger partial charge in [-0.05, 0) is 35.9 Å². The van der Waals surface area contributed by atoms with Crippen LogP contribution in [-0.2, 0) is 20.6 Å². The SMILES string of the molecule is COc1cc(C=O)ccc1Oc1nc2c(c(=O)n(C)c(=O)n2C)n1Cc1ccc(Cl)cc1Cl. The number of benzene rings is 2. The molecule has 0 bridgehead atoms. The van der Waals surface area contributed by atoms with Crippen LogP contribution in [0, 0.1) is 0 Å². The van der Waals surface area contributed by atoms with Crippen molar-refractivity contribution < 1.29 is 14.3 Å². The number of aromatic nitrogens is 4. The number of hydrogen-bond donors (Lipinski definition) is 0. The summed E-state index contributed by atoms with van der Waals surface area (Å²) in [5, 5.41) is 0.860. The van der Waals surface area contributed by atoms with Crippen molar-refractivity contribution in [2.24, 2.45) is 14.1 Å². The van der Waals surface area contributed by atoms with E-state index in [9.17, 15) is 14.4 Å². The summed E-state index contributed by atoms with van der Waals surface area (Å²) in [5.74, 6) is 0.563. The first kappa shape index (κ1) is 22.6. The second kappa shape index (κ2) is 8.76. The van der Waals surface area contributed by atoms with E-state index in [1.807, 2.05) is 0 Å². The summed E-state index contributed by atoms with van der Waals surface area (Å²) in [6.07, 6.45) is 0.684. The highest BCUT2D eigenvalue weighted by molar-refractivity contribution is 6.35. The number of rotatable bonds is 6. The lowest BCUT2D eigenvalue weighted by Gasteiger charge is -2.13. The van der Waals surface area contributed by atoms with Crippen molar-refractivity contribution in [2.45, 2.75) is 6.54 Å². The van der Waals surface area contributed by atoms with Gasteiger partial charge in [-0.15, -0.1) is 0 Å². The maximum Gasteiger partial charge on any atom is 0.332 e. The van der Waals surface area contributed by atoms with Gasteiger partial charge in [0.05, 0.1) is 13.7 Å². The van der Waals surface area contributed by atoms with Gasteiger partial charge in [-0.3, -0.25) is 23.3 Å². The van der Waals surface area contributed by atoms with Crippen LogP contribution in [0.1, 0.15) is 15.9 Å². The van der Waals surface area contributed by atoms with Gasteiger partial charge < -0.3 is 9.47 Å². The van der Waals surface area contributed by atoms with Crippen LogP contribution >= 0.6 is 23.2 Å². The molecule has 4 rings (SSSR count). The zero-order chi connectivity index (χ0) is 23.9. The highest BCUT2D eigenvalue weighted by Crippen LogP contribution is 2.33. The molecule has 0 unspecified atom stereocenters. The highest BCUT2D eigenvalue weighted by atomic mass is 35.5. The Kier molecular flexibility index (Phi) is 6.01. The minimum Gasteiger partial charge on any atom is -0.493 e. The third-order valence-corrected chi connectivity index (χ3v) is 5.77. The second-order valence-electron chi connectivity index (χ2n) is 7.22. The molecule has 0 N–H and O–H groups in total. The molecule has 170 valence electrons. The van der Waals surface area contributed by atoms with Gasteiger partial charge in [0.2, 0.25) is 0 Å². The Bertz CT molecular complexity index is 1520. The molecule has 0 atom stereocenters. The molecule has 9 nitrogen and oxygen atoms in total. The molecule has 0 aliphatic rings. The van der Waals surface area contributed by atoms with E-state index in [4.69, 9.17) is 32.7 Å². The first-order valence-electron chi connectivity index (χ1n) is 9.66. The minimum absolute atomic E-state index is 0.0338. The average molecular weight is 489 g/mol.